The smallest absolute Gasteiger partial charge is 0.410 e. The Kier molecular flexibility index (Phi) is 5.56. The van der Waals surface area contributed by atoms with Gasteiger partial charge < -0.3 is 15.8 Å². The normalized spacial score (nSPS) is 19.0. The molecule has 2 aromatic carbocycles. The number of amides is 2. The number of anilines is 2. The van der Waals surface area contributed by atoms with Crippen molar-refractivity contribution in [2.45, 2.75) is 31.9 Å². The van der Waals surface area contributed by atoms with E-state index in [1.165, 1.54) is 4.90 Å². The number of carbonyl (C=O) groups excluding carboxylic acids is 2. The second-order valence-corrected chi connectivity index (χ2v) is 7.17. The lowest BCUT2D eigenvalue weighted by Crippen LogP contribution is -2.53. The topological polar surface area (TPSA) is 84.7 Å². The van der Waals surface area contributed by atoms with Gasteiger partial charge in [-0.2, -0.15) is 0 Å². The van der Waals surface area contributed by atoms with Crippen molar-refractivity contribution in [2.24, 2.45) is 0 Å². The van der Waals surface area contributed by atoms with Gasteiger partial charge in [-0.1, -0.05) is 41.9 Å². The first kappa shape index (κ1) is 19.0. The number of ether oxygens (including phenoxy) is 1. The molecule has 0 aromatic heterocycles. The molecule has 2 aromatic rings. The van der Waals surface area contributed by atoms with E-state index in [-0.39, 0.29) is 12.5 Å². The quantitative estimate of drug-likeness (QED) is 0.775. The van der Waals surface area contributed by atoms with Crippen LogP contribution in [0.3, 0.4) is 0 Å². The van der Waals surface area contributed by atoms with E-state index in [0.717, 1.165) is 12.0 Å². The number of benzene rings is 2. The van der Waals surface area contributed by atoms with Gasteiger partial charge >= 0.3 is 6.09 Å². The van der Waals surface area contributed by atoms with Crippen LogP contribution in [0, 0.1) is 0 Å². The molecule has 1 unspecified atom stereocenters. The van der Waals surface area contributed by atoms with E-state index >= 15 is 0 Å². The van der Waals surface area contributed by atoms with Crippen LogP contribution in [0.15, 0.2) is 48.5 Å². The van der Waals surface area contributed by atoms with Gasteiger partial charge in [-0.3, -0.25) is 9.69 Å². The van der Waals surface area contributed by atoms with Crippen molar-refractivity contribution in [1.29, 1.82) is 0 Å². The molecule has 6 nitrogen and oxygen atoms in total. The van der Waals surface area contributed by atoms with Crippen LogP contribution in [0.4, 0.5) is 16.2 Å². The molecule has 1 aliphatic heterocycles. The number of hydrogen-bond donors (Lipinski definition) is 2. The molecule has 27 heavy (non-hydrogen) atoms. The summed E-state index contributed by atoms with van der Waals surface area (Å²) in [5, 5.41) is 3.19. The van der Waals surface area contributed by atoms with E-state index < -0.39 is 11.6 Å². The van der Waals surface area contributed by atoms with Crippen LogP contribution in [0.2, 0.25) is 5.02 Å². The molecule has 1 saturated heterocycles. The highest BCUT2D eigenvalue weighted by atomic mass is 35.5. The summed E-state index contributed by atoms with van der Waals surface area (Å²) in [7, 11) is 0. The van der Waals surface area contributed by atoms with Gasteiger partial charge in [-0.25, -0.2) is 4.79 Å². The predicted molar refractivity (Wildman–Crippen MR) is 105 cm³/mol. The third-order valence-corrected chi connectivity index (χ3v) is 5.14. The Bertz CT molecular complexity index is 844. The number of nitrogen functional groups attached to an aromatic ring is 1. The van der Waals surface area contributed by atoms with E-state index in [1.807, 2.05) is 30.3 Å². The van der Waals surface area contributed by atoms with E-state index in [4.69, 9.17) is 22.1 Å². The Hall–Kier alpha value is -2.73. The number of carbonyl (C=O) groups is 2. The first-order chi connectivity index (χ1) is 12.9. The second kappa shape index (κ2) is 7.88. The Morgan fingerprint density at radius 3 is 2.70 bits per heavy atom. The summed E-state index contributed by atoms with van der Waals surface area (Å²) in [5.74, 6) is -0.280. The molecule has 0 bridgehead atoms. The molecule has 1 heterocycles. The molecule has 3 N–H and O–H groups in total. The van der Waals surface area contributed by atoms with Gasteiger partial charge in [0.05, 0.1) is 10.7 Å². The van der Waals surface area contributed by atoms with Crippen LogP contribution in [-0.4, -0.2) is 29.0 Å². The van der Waals surface area contributed by atoms with Crippen LogP contribution >= 0.6 is 11.6 Å². The Labute approximate surface area is 163 Å². The summed E-state index contributed by atoms with van der Waals surface area (Å²) < 4.78 is 5.41. The first-order valence-corrected chi connectivity index (χ1v) is 9.13. The molecular weight excluding hydrogens is 366 g/mol. The fourth-order valence-corrected chi connectivity index (χ4v) is 3.34. The van der Waals surface area contributed by atoms with E-state index in [2.05, 4.69) is 5.32 Å². The lowest BCUT2D eigenvalue weighted by molar-refractivity contribution is -0.125. The molecule has 1 fully saturated rings. The van der Waals surface area contributed by atoms with Crippen LogP contribution in [0.25, 0.3) is 0 Å². The lowest BCUT2D eigenvalue weighted by atomic mass is 9.98. The average Bonchev–Trinajstić information content (AvgIpc) is 3.07. The van der Waals surface area contributed by atoms with Gasteiger partial charge in [0.25, 0.3) is 0 Å². The third kappa shape index (κ3) is 4.17. The van der Waals surface area contributed by atoms with Gasteiger partial charge in [0, 0.05) is 12.2 Å². The largest absolute Gasteiger partial charge is 0.445 e. The molecule has 7 heteroatoms. The van der Waals surface area contributed by atoms with Crippen molar-refractivity contribution in [3.63, 3.8) is 0 Å². The highest BCUT2D eigenvalue weighted by molar-refractivity contribution is 6.33. The van der Waals surface area contributed by atoms with E-state index in [0.29, 0.717) is 29.4 Å². The third-order valence-electron chi connectivity index (χ3n) is 4.81. The average molecular weight is 388 g/mol. The van der Waals surface area contributed by atoms with Crippen molar-refractivity contribution in [1.82, 2.24) is 4.90 Å². The number of likely N-dealkylation sites (tertiary alicyclic amines) is 1. The van der Waals surface area contributed by atoms with Crippen molar-refractivity contribution >= 4 is 35.0 Å². The van der Waals surface area contributed by atoms with Gasteiger partial charge in [0.15, 0.2) is 0 Å². The summed E-state index contributed by atoms with van der Waals surface area (Å²) in [6, 6.07) is 14.3. The van der Waals surface area contributed by atoms with Crippen molar-refractivity contribution in [3.05, 3.63) is 59.1 Å². The Morgan fingerprint density at radius 2 is 2.00 bits per heavy atom. The van der Waals surface area contributed by atoms with Crippen molar-refractivity contribution in [3.8, 4) is 0 Å². The maximum absolute atomic E-state index is 12.9. The number of halogens is 1. The number of nitrogens with two attached hydrogens (primary N) is 1. The molecule has 1 aliphatic rings. The minimum atomic E-state index is -0.984. The van der Waals surface area contributed by atoms with Gasteiger partial charge in [-0.15, -0.1) is 0 Å². The fourth-order valence-electron chi connectivity index (χ4n) is 3.16. The molecule has 0 saturated carbocycles. The highest BCUT2D eigenvalue weighted by Gasteiger charge is 2.46. The highest BCUT2D eigenvalue weighted by Crippen LogP contribution is 2.32. The molecule has 0 spiro atoms. The molecule has 142 valence electrons. The van der Waals surface area contributed by atoms with Crippen LogP contribution in [-0.2, 0) is 16.1 Å². The Morgan fingerprint density at radius 1 is 1.26 bits per heavy atom. The summed E-state index contributed by atoms with van der Waals surface area (Å²) in [5.41, 5.74) is 6.58. The second-order valence-electron chi connectivity index (χ2n) is 6.76. The SMILES string of the molecule is CC1(C(=O)Nc2ccc(N)c(Cl)c2)CCCN1C(=O)OCc1ccccc1. The summed E-state index contributed by atoms with van der Waals surface area (Å²) in [6.07, 6.45) is 0.791. The van der Waals surface area contributed by atoms with E-state index in [1.54, 1.807) is 25.1 Å². The summed E-state index contributed by atoms with van der Waals surface area (Å²) in [6.45, 7) is 2.39. The minimum Gasteiger partial charge on any atom is -0.445 e. The van der Waals surface area contributed by atoms with Gasteiger partial charge in [0.2, 0.25) is 5.91 Å². The molecular formula is C20H22ClN3O3. The summed E-state index contributed by atoms with van der Waals surface area (Å²) in [4.78, 5) is 27.0. The summed E-state index contributed by atoms with van der Waals surface area (Å²) >= 11 is 6.01. The molecule has 3 rings (SSSR count). The lowest BCUT2D eigenvalue weighted by Gasteiger charge is -2.33. The van der Waals surface area contributed by atoms with Crippen LogP contribution in [0.5, 0.6) is 0 Å². The maximum Gasteiger partial charge on any atom is 0.410 e. The predicted octanol–water partition coefficient (Wildman–Crippen LogP) is 4.05. The maximum atomic E-state index is 12.9. The monoisotopic (exact) mass is 387 g/mol. The van der Waals surface area contributed by atoms with Crippen LogP contribution in [0.1, 0.15) is 25.3 Å². The van der Waals surface area contributed by atoms with E-state index in [9.17, 15) is 9.59 Å². The molecule has 2 amide bonds. The van der Waals surface area contributed by atoms with Gasteiger partial charge in [-0.05, 0) is 43.5 Å². The van der Waals surface area contributed by atoms with Crippen molar-refractivity contribution in [2.75, 3.05) is 17.6 Å². The number of hydrogen-bond acceptors (Lipinski definition) is 4. The van der Waals surface area contributed by atoms with Gasteiger partial charge in [0.1, 0.15) is 12.1 Å². The molecule has 1 atom stereocenters. The zero-order valence-electron chi connectivity index (χ0n) is 15.1. The molecule has 0 radical (unpaired) electrons. The Balaban J connectivity index is 1.67. The zero-order chi connectivity index (χ0) is 19.4. The number of nitrogens with one attached hydrogen (secondary N) is 1. The standard InChI is InChI=1S/C20H22ClN3O3/c1-20(18(25)23-15-8-9-17(22)16(21)12-15)10-5-11-24(20)19(26)27-13-14-6-3-2-4-7-14/h2-4,6-9,12H,5,10-11,13,22H2,1H3,(H,23,25). The van der Waals surface area contributed by atoms with Crippen molar-refractivity contribution < 1.29 is 14.3 Å². The number of rotatable bonds is 4. The number of nitrogens with zero attached hydrogens (tertiary/aromatic N) is 1. The first-order valence-electron chi connectivity index (χ1n) is 8.75. The molecule has 0 aliphatic carbocycles. The van der Waals surface area contributed by atoms with Crippen LogP contribution < -0.4 is 11.1 Å². The minimum absolute atomic E-state index is 0.168. The zero-order valence-corrected chi connectivity index (χ0v) is 15.8. The fraction of sp³-hybridized carbons (Fsp3) is 0.300.